The summed E-state index contributed by atoms with van der Waals surface area (Å²) in [5, 5.41) is 1.22. The quantitative estimate of drug-likeness (QED) is 0.552. The van der Waals surface area contributed by atoms with E-state index < -0.39 is 17.2 Å². The van der Waals surface area contributed by atoms with E-state index in [2.05, 4.69) is 19.1 Å². The molecule has 0 N–H and O–H groups in total. The SMILES string of the molecule is CCOC(C)(Cc1ccc(F)c(F)c1)c1sc2ccccc2c1C. The Morgan fingerprint density at radius 2 is 1.83 bits per heavy atom. The summed E-state index contributed by atoms with van der Waals surface area (Å²) in [7, 11) is 0. The number of aryl methyl sites for hydroxylation is 1. The average molecular weight is 346 g/mol. The van der Waals surface area contributed by atoms with Gasteiger partial charge in [-0.15, -0.1) is 11.3 Å². The van der Waals surface area contributed by atoms with E-state index in [1.165, 1.54) is 27.8 Å². The Hall–Kier alpha value is -1.78. The largest absolute Gasteiger partial charge is 0.370 e. The number of benzene rings is 2. The summed E-state index contributed by atoms with van der Waals surface area (Å²) in [6.07, 6.45) is 0.492. The third-order valence-electron chi connectivity index (χ3n) is 4.31. The third-order valence-corrected chi connectivity index (χ3v) is 5.83. The molecule has 1 aromatic heterocycles. The van der Waals surface area contributed by atoms with Crippen LogP contribution in [0.5, 0.6) is 0 Å². The maximum absolute atomic E-state index is 13.6. The molecule has 126 valence electrons. The average Bonchev–Trinajstić information content (AvgIpc) is 2.89. The highest BCUT2D eigenvalue weighted by atomic mass is 32.1. The van der Waals surface area contributed by atoms with Gasteiger partial charge < -0.3 is 4.74 Å². The second kappa shape index (κ2) is 6.61. The van der Waals surface area contributed by atoms with Gasteiger partial charge in [-0.25, -0.2) is 8.78 Å². The lowest BCUT2D eigenvalue weighted by Crippen LogP contribution is -2.28. The fourth-order valence-corrected chi connectivity index (χ4v) is 4.54. The number of ether oxygens (including phenoxy) is 1. The van der Waals surface area contributed by atoms with E-state index in [1.807, 2.05) is 26.0 Å². The summed E-state index contributed by atoms with van der Waals surface area (Å²) in [6, 6.07) is 12.3. The number of thiophene rings is 1. The molecule has 0 saturated heterocycles. The van der Waals surface area contributed by atoms with Crippen molar-refractivity contribution in [1.29, 1.82) is 0 Å². The zero-order valence-corrected chi connectivity index (χ0v) is 14.8. The van der Waals surface area contributed by atoms with E-state index >= 15 is 0 Å². The third kappa shape index (κ3) is 3.08. The molecule has 0 fully saturated rings. The number of hydrogen-bond donors (Lipinski definition) is 0. The van der Waals surface area contributed by atoms with Gasteiger partial charge in [0, 0.05) is 22.6 Å². The minimum Gasteiger partial charge on any atom is -0.370 e. The first-order chi connectivity index (χ1) is 11.4. The summed E-state index contributed by atoms with van der Waals surface area (Å²) in [5.74, 6) is -1.64. The fraction of sp³-hybridized carbons (Fsp3) is 0.300. The molecule has 1 atom stereocenters. The van der Waals surface area contributed by atoms with Gasteiger partial charge in [0.1, 0.15) is 5.60 Å². The maximum Gasteiger partial charge on any atom is 0.159 e. The monoisotopic (exact) mass is 346 g/mol. The van der Waals surface area contributed by atoms with Crippen LogP contribution in [-0.4, -0.2) is 6.61 Å². The molecule has 3 aromatic rings. The Morgan fingerprint density at radius 3 is 2.50 bits per heavy atom. The zero-order valence-electron chi connectivity index (χ0n) is 14.0. The van der Waals surface area contributed by atoms with Gasteiger partial charge in [0.15, 0.2) is 11.6 Å². The van der Waals surface area contributed by atoms with E-state index in [1.54, 1.807) is 17.4 Å². The van der Waals surface area contributed by atoms with Crippen molar-refractivity contribution in [3.63, 3.8) is 0 Å². The molecule has 0 aliphatic rings. The predicted octanol–water partition coefficient (Wildman–Crippen LogP) is 5.98. The van der Waals surface area contributed by atoms with Crippen LogP contribution in [0.4, 0.5) is 8.78 Å². The standard InChI is InChI=1S/C20H20F2OS/c1-4-23-20(3,12-14-9-10-16(21)17(22)11-14)19-13(2)15-7-5-6-8-18(15)24-19/h5-11H,4,12H2,1-3H3. The summed E-state index contributed by atoms with van der Waals surface area (Å²) in [4.78, 5) is 1.13. The summed E-state index contributed by atoms with van der Waals surface area (Å²) >= 11 is 1.70. The molecule has 0 aliphatic carbocycles. The van der Waals surface area contributed by atoms with Crippen molar-refractivity contribution in [3.8, 4) is 0 Å². The van der Waals surface area contributed by atoms with Gasteiger partial charge in [-0.3, -0.25) is 0 Å². The van der Waals surface area contributed by atoms with Crippen LogP contribution in [0.1, 0.15) is 29.9 Å². The highest BCUT2D eigenvalue weighted by Gasteiger charge is 2.32. The van der Waals surface area contributed by atoms with Gasteiger partial charge in [0.25, 0.3) is 0 Å². The molecule has 1 nitrogen and oxygen atoms in total. The van der Waals surface area contributed by atoms with Crippen LogP contribution in [0.3, 0.4) is 0 Å². The molecule has 0 bridgehead atoms. The van der Waals surface area contributed by atoms with E-state index in [-0.39, 0.29) is 0 Å². The van der Waals surface area contributed by atoms with Crippen LogP contribution >= 0.6 is 11.3 Å². The van der Waals surface area contributed by atoms with Crippen LogP contribution < -0.4 is 0 Å². The van der Waals surface area contributed by atoms with Crippen LogP contribution in [0.2, 0.25) is 0 Å². The van der Waals surface area contributed by atoms with Crippen molar-refractivity contribution >= 4 is 21.4 Å². The van der Waals surface area contributed by atoms with Gasteiger partial charge in [0.2, 0.25) is 0 Å². The Bertz CT molecular complexity index is 871. The van der Waals surface area contributed by atoms with Crippen LogP contribution in [0.15, 0.2) is 42.5 Å². The molecule has 0 saturated carbocycles. The van der Waals surface area contributed by atoms with Gasteiger partial charge in [0.05, 0.1) is 0 Å². The summed E-state index contributed by atoms with van der Waals surface area (Å²) < 4.78 is 34.1. The molecule has 3 rings (SSSR count). The first-order valence-electron chi connectivity index (χ1n) is 8.01. The van der Waals surface area contributed by atoms with E-state index in [4.69, 9.17) is 4.74 Å². The zero-order chi connectivity index (χ0) is 17.3. The molecule has 2 aromatic carbocycles. The first-order valence-corrected chi connectivity index (χ1v) is 8.83. The van der Waals surface area contributed by atoms with Gasteiger partial charge in [-0.05, 0) is 55.5 Å². The Kier molecular flexibility index (Phi) is 4.70. The minimum absolute atomic E-state index is 0.492. The maximum atomic E-state index is 13.6. The molecule has 4 heteroatoms. The van der Waals surface area contributed by atoms with Crippen molar-refractivity contribution < 1.29 is 13.5 Å². The van der Waals surface area contributed by atoms with Gasteiger partial charge >= 0.3 is 0 Å². The van der Waals surface area contributed by atoms with Gasteiger partial charge in [-0.2, -0.15) is 0 Å². The topological polar surface area (TPSA) is 9.23 Å². The second-order valence-electron chi connectivity index (χ2n) is 6.14. The van der Waals surface area contributed by atoms with Crippen molar-refractivity contribution in [3.05, 3.63) is 70.1 Å². The normalized spacial score (nSPS) is 14.0. The Morgan fingerprint density at radius 1 is 1.08 bits per heavy atom. The molecule has 1 unspecified atom stereocenters. The fourth-order valence-electron chi connectivity index (χ4n) is 3.23. The Balaban J connectivity index is 2.06. The van der Waals surface area contributed by atoms with Crippen molar-refractivity contribution in [2.45, 2.75) is 32.8 Å². The number of fused-ring (bicyclic) bond motifs is 1. The molecule has 24 heavy (non-hydrogen) atoms. The first kappa shape index (κ1) is 17.1. The molecule has 0 amide bonds. The molecule has 0 aliphatic heterocycles. The number of halogens is 2. The van der Waals surface area contributed by atoms with Crippen molar-refractivity contribution in [2.24, 2.45) is 0 Å². The Labute approximate surface area is 144 Å². The molecule has 0 radical (unpaired) electrons. The highest BCUT2D eigenvalue weighted by molar-refractivity contribution is 7.19. The lowest BCUT2D eigenvalue weighted by Gasteiger charge is -2.30. The van der Waals surface area contributed by atoms with E-state index in [0.29, 0.717) is 13.0 Å². The lowest BCUT2D eigenvalue weighted by atomic mass is 9.91. The number of hydrogen-bond acceptors (Lipinski definition) is 2. The molecular weight excluding hydrogens is 326 g/mol. The van der Waals surface area contributed by atoms with Gasteiger partial charge in [-0.1, -0.05) is 24.3 Å². The van der Waals surface area contributed by atoms with Crippen LogP contribution in [-0.2, 0) is 16.8 Å². The predicted molar refractivity (Wildman–Crippen MR) is 95.6 cm³/mol. The second-order valence-corrected chi connectivity index (χ2v) is 7.19. The summed E-state index contributed by atoms with van der Waals surface area (Å²) in [6.45, 7) is 6.62. The molecule has 1 heterocycles. The minimum atomic E-state index is -0.824. The number of rotatable bonds is 5. The molecule has 0 spiro atoms. The lowest BCUT2D eigenvalue weighted by molar-refractivity contribution is -0.0267. The van der Waals surface area contributed by atoms with E-state index in [9.17, 15) is 8.78 Å². The van der Waals surface area contributed by atoms with Crippen LogP contribution in [0, 0.1) is 18.6 Å². The van der Waals surface area contributed by atoms with Crippen molar-refractivity contribution in [2.75, 3.05) is 6.61 Å². The molecular formula is C20H20F2OS. The highest BCUT2D eigenvalue weighted by Crippen LogP contribution is 2.41. The smallest absolute Gasteiger partial charge is 0.159 e. The van der Waals surface area contributed by atoms with E-state index in [0.717, 1.165) is 10.4 Å². The summed E-state index contributed by atoms with van der Waals surface area (Å²) in [5.41, 5.74) is 1.34. The van der Waals surface area contributed by atoms with Crippen molar-refractivity contribution in [1.82, 2.24) is 0 Å². The van der Waals surface area contributed by atoms with Crippen LogP contribution in [0.25, 0.3) is 10.1 Å².